The van der Waals surface area contributed by atoms with Crippen LogP contribution in [0.1, 0.15) is 192 Å². The van der Waals surface area contributed by atoms with E-state index in [0.29, 0.717) is 25.8 Å². The molecule has 280 valence electrons. The second kappa shape index (κ2) is 42.9. The van der Waals surface area contributed by atoms with Crippen LogP contribution in [0.3, 0.4) is 0 Å². The summed E-state index contributed by atoms with van der Waals surface area (Å²) in [5.74, 6) is -1.16. The molecule has 8 nitrogen and oxygen atoms in total. The molecule has 0 aromatic carbocycles. The molecule has 0 bridgehead atoms. The summed E-state index contributed by atoms with van der Waals surface area (Å²) in [5, 5.41) is 14.6. The highest BCUT2D eigenvalue weighted by molar-refractivity contribution is 5.81. The van der Waals surface area contributed by atoms with E-state index < -0.39 is 5.97 Å². The molecule has 0 fully saturated rings. The standard InChI is InChI=1S/C26H50N2O4.C8H16O2.4CH4/c1-4-6-7-8-9-10-11-12-13-16-20-28-26(32)23(5-2)21-22(3)25(31)27-19-17-14-15-18-24(29)30;1-3-4-5-6-7-8(9)10-2;;;;/h22-23H,4-21H2,1-3H3,(H,27,31)(H,28,32)(H,29,30);3-7H2,1-2H3;4*1H4. The summed E-state index contributed by atoms with van der Waals surface area (Å²) in [4.78, 5) is 45.8. The predicted octanol–water partition coefficient (Wildman–Crippen LogP) is 10.5. The molecule has 0 spiro atoms. The van der Waals surface area contributed by atoms with Crippen molar-refractivity contribution in [2.45, 2.75) is 192 Å². The second-order valence-electron chi connectivity index (χ2n) is 11.6. The zero-order chi connectivity index (χ0) is 31.8. The molecule has 0 saturated heterocycles. The quantitative estimate of drug-likeness (QED) is 0.0594. The number of carboxylic acid groups (broad SMARTS) is 1. The van der Waals surface area contributed by atoms with Crippen LogP contribution >= 0.6 is 0 Å². The van der Waals surface area contributed by atoms with Crippen LogP contribution in [-0.2, 0) is 23.9 Å². The maximum Gasteiger partial charge on any atom is 0.305 e. The molecule has 2 atom stereocenters. The van der Waals surface area contributed by atoms with E-state index in [-0.39, 0.29) is 65.7 Å². The van der Waals surface area contributed by atoms with Gasteiger partial charge in [-0.2, -0.15) is 0 Å². The van der Waals surface area contributed by atoms with Crippen LogP contribution < -0.4 is 10.6 Å². The lowest BCUT2D eigenvalue weighted by Crippen LogP contribution is -2.36. The van der Waals surface area contributed by atoms with Crippen LogP contribution in [0.4, 0.5) is 0 Å². The number of carbonyl (C=O) groups excluding carboxylic acids is 3. The maximum absolute atomic E-state index is 12.5. The average Bonchev–Trinajstić information content (AvgIpc) is 2.98. The van der Waals surface area contributed by atoms with Crippen molar-refractivity contribution in [3.05, 3.63) is 0 Å². The van der Waals surface area contributed by atoms with Gasteiger partial charge in [0.15, 0.2) is 0 Å². The Kier molecular flexibility index (Phi) is 52.4. The number of unbranched alkanes of at least 4 members (excludes halogenated alkanes) is 14. The van der Waals surface area contributed by atoms with Crippen molar-refractivity contribution in [1.82, 2.24) is 10.6 Å². The molecule has 2 amide bonds. The van der Waals surface area contributed by atoms with Crippen LogP contribution in [0, 0.1) is 11.8 Å². The number of rotatable bonds is 27. The van der Waals surface area contributed by atoms with Gasteiger partial charge in [0.05, 0.1) is 7.11 Å². The average molecular weight is 663 g/mol. The molecular weight excluding hydrogens is 580 g/mol. The van der Waals surface area contributed by atoms with E-state index in [4.69, 9.17) is 5.11 Å². The first-order chi connectivity index (χ1) is 20.2. The minimum Gasteiger partial charge on any atom is -0.481 e. The van der Waals surface area contributed by atoms with Crippen molar-refractivity contribution in [2.24, 2.45) is 11.8 Å². The molecule has 3 N–H and O–H groups in total. The number of carbonyl (C=O) groups is 4. The molecule has 8 heteroatoms. The van der Waals surface area contributed by atoms with Crippen LogP contribution in [0.25, 0.3) is 0 Å². The first kappa shape index (κ1) is 56.2. The fraction of sp³-hybridized carbons (Fsp3) is 0.895. The third-order valence-electron chi connectivity index (χ3n) is 7.61. The highest BCUT2D eigenvalue weighted by Crippen LogP contribution is 2.17. The Morgan fingerprint density at radius 1 is 0.587 bits per heavy atom. The van der Waals surface area contributed by atoms with Gasteiger partial charge in [-0.25, -0.2) is 0 Å². The Morgan fingerprint density at radius 3 is 1.41 bits per heavy atom. The monoisotopic (exact) mass is 663 g/mol. The molecule has 0 aromatic heterocycles. The van der Waals surface area contributed by atoms with Gasteiger partial charge in [-0.1, -0.05) is 141 Å². The molecule has 0 aliphatic carbocycles. The summed E-state index contributed by atoms with van der Waals surface area (Å²) in [7, 11) is 1.43. The summed E-state index contributed by atoms with van der Waals surface area (Å²) in [6.07, 6.45) is 21.6. The Morgan fingerprint density at radius 2 is 0.978 bits per heavy atom. The van der Waals surface area contributed by atoms with Gasteiger partial charge in [-0.15, -0.1) is 0 Å². The summed E-state index contributed by atoms with van der Waals surface area (Å²) < 4.78 is 4.49. The molecule has 0 radical (unpaired) electrons. The molecule has 0 aliphatic rings. The number of hydrogen-bond acceptors (Lipinski definition) is 5. The van der Waals surface area contributed by atoms with Gasteiger partial charge < -0.3 is 20.5 Å². The van der Waals surface area contributed by atoms with Crippen LogP contribution in [0.2, 0.25) is 0 Å². The first-order valence-electron chi connectivity index (χ1n) is 17.1. The predicted molar refractivity (Wildman–Crippen MR) is 199 cm³/mol. The molecule has 0 aromatic rings. The summed E-state index contributed by atoms with van der Waals surface area (Å²) in [6, 6.07) is 0. The van der Waals surface area contributed by atoms with Gasteiger partial charge in [0.1, 0.15) is 0 Å². The van der Waals surface area contributed by atoms with E-state index in [1.165, 1.54) is 71.3 Å². The van der Waals surface area contributed by atoms with Crippen molar-refractivity contribution in [3.8, 4) is 0 Å². The normalized spacial score (nSPS) is 11.0. The fourth-order valence-electron chi connectivity index (χ4n) is 4.72. The van der Waals surface area contributed by atoms with Crippen molar-refractivity contribution in [1.29, 1.82) is 0 Å². The summed E-state index contributed by atoms with van der Waals surface area (Å²) >= 11 is 0. The lowest BCUT2D eigenvalue weighted by atomic mass is 9.92. The molecule has 46 heavy (non-hydrogen) atoms. The van der Waals surface area contributed by atoms with E-state index in [0.717, 1.165) is 51.5 Å². The highest BCUT2D eigenvalue weighted by Gasteiger charge is 2.22. The number of ether oxygens (including phenoxy) is 1. The topological polar surface area (TPSA) is 122 Å². The molecule has 0 heterocycles. The van der Waals surface area contributed by atoms with Crippen molar-refractivity contribution >= 4 is 23.8 Å². The van der Waals surface area contributed by atoms with Crippen LogP contribution in [0.5, 0.6) is 0 Å². The fourth-order valence-corrected chi connectivity index (χ4v) is 4.72. The molecular formula is C38H82N2O6. The zero-order valence-electron chi connectivity index (χ0n) is 27.9. The van der Waals surface area contributed by atoms with Crippen molar-refractivity contribution in [3.63, 3.8) is 0 Å². The number of aliphatic carboxylic acids is 1. The van der Waals surface area contributed by atoms with E-state index in [2.05, 4.69) is 29.2 Å². The van der Waals surface area contributed by atoms with Gasteiger partial charge in [-0.3, -0.25) is 19.2 Å². The van der Waals surface area contributed by atoms with Crippen molar-refractivity contribution in [2.75, 3.05) is 20.2 Å². The highest BCUT2D eigenvalue weighted by atomic mass is 16.5. The number of nitrogens with one attached hydrogen (secondary N) is 2. The number of methoxy groups -OCH3 is 1. The second-order valence-corrected chi connectivity index (χ2v) is 11.6. The molecule has 2 unspecified atom stereocenters. The number of amides is 2. The Bertz CT molecular complexity index is 672. The summed E-state index contributed by atoms with van der Waals surface area (Å²) in [6.45, 7) is 9.55. The Hall–Kier alpha value is -2.12. The number of carboxylic acids is 1. The van der Waals surface area contributed by atoms with Gasteiger partial charge in [-0.05, 0) is 38.5 Å². The smallest absolute Gasteiger partial charge is 0.305 e. The minimum absolute atomic E-state index is 0. The zero-order valence-corrected chi connectivity index (χ0v) is 27.9. The maximum atomic E-state index is 12.5. The third-order valence-corrected chi connectivity index (χ3v) is 7.61. The van der Waals surface area contributed by atoms with E-state index in [9.17, 15) is 19.2 Å². The van der Waals surface area contributed by atoms with Gasteiger partial charge >= 0.3 is 11.9 Å². The van der Waals surface area contributed by atoms with E-state index >= 15 is 0 Å². The van der Waals surface area contributed by atoms with Crippen molar-refractivity contribution < 1.29 is 29.0 Å². The number of esters is 1. The van der Waals surface area contributed by atoms with Crippen LogP contribution in [-0.4, -0.2) is 49.1 Å². The SMILES string of the molecule is C.C.C.C.CCCCCCC(=O)OC.CCCCCCCCCCCCNC(=O)C(CC)CC(C)C(=O)NCCCCCC(=O)O. The minimum atomic E-state index is -0.778. The van der Waals surface area contributed by atoms with Gasteiger partial charge in [0, 0.05) is 37.8 Å². The largest absolute Gasteiger partial charge is 0.481 e. The first-order valence-corrected chi connectivity index (χ1v) is 17.1. The Labute approximate surface area is 287 Å². The van der Waals surface area contributed by atoms with E-state index in [1.807, 2.05) is 13.8 Å². The van der Waals surface area contributed by atoms with Gasteiger partial charge in [0.25, 0.3) is 0 Å². The molecule has 0 saturated carbocycles. The van der Waals surface area contributed by atoms with Gasteiger partial charge in [0.2, 0.25) is 11.8 Å². The molecule has 0 rings (SSSR count). The van der Waals surface area contributed by atoms with Crippen LogP contribution in [0.15, 0.2) is 0 Å². The Balaban J connectivity index is -0.000000246. The lowest BCUT2D eigenvalue weighted by Gasteiger charge is -2.19. The molecule has 0 aliphatic heterocycles. The van der Waals surface area contributed by atoms with E-state index in [1.54, 1.807) is 0 Å². The number of hydrogen-bond donors (Lipinski definition) is 3. The lowest BCUT2D eigenvalue weighted by molar-refractivity contribution is -0.141. The third kappa shape index (κ3) is 39.9. The summed E-state index contributed by atoms with van der Waals surface area (Å²) in [5.41, 5.74) is 0.